The van der Waals surface area contributed by atoms with Crippen LogP contribution in [0.25, 0.3) is 11.4 Å². The molecule has 164 valence electrons. The number of H-pyrrole nitrogens is 1. The molecule has 0 spiro atoms. The standard InChI is InChI=1S/C24H26N6O2/c1-3-4-5-22-25-17(2)14-23(31)30(22)15-18-8-12-21(13-9-18)32-16-19-6-10-20(11-7-19)24-26-28-29-27-24/h6-14H,3-5,15-16H2,1-2H3,(H,26,27,28,29). The normalized spacial score (nSPS) is 10.9. The van der Waals surface area contributed by atoms with Gasteiger partial charge < -0.3 is 4.74 Å². The van der Waals surface area contributed by atoms with Gasteiger partial charge in [0.2, 0.25) is 5.82 Å². The molecule has 1 N–H and O–H groups in total. The number of aromatic amines is 1. The molecule has 0 saturated carbocycles. The summed E-state index contributed by atoms with van der Waals surface area (Å²) in [5.41, 5.74) is 3.73. The van der Waals surface area contributed by atoms with Gasteiger partial charge in [-0.15, -0.1) is 10.2 Å². The number of rotatable bonds is 9. The molecule has 0 aliphatic rings. The van der Waals surface area contributed by atoms with Gasteiger partial charge >= 0.3 is 0 Å². The Bertz CT molecular complexity index is 1200. The fraction of sp³-hybridized carbons (Fsp3) is 0.292. The Morgan fingerprint density at radius 3 is 2.47 bits per heavy atom. The number of hydrogen-bond donors (Lipinski definition) is 1. The molecule has 0 atom stereocenters. The van der Waals surface area contributed by atoms with Gasteiger partial charge in [-0.3, -0.25) is 9.36 Å². The van der Waals surface area contributed by atoms with E-state index in [1.165, 1.54) is 0 Å². The van der Waals surface area contributed by atoms with Gasteiger partial charge in [0.05, 0.1) is 6.54 Å². The quantitative estimate of drug-likeness (QED) is 0.435. The maximum absolute atomic E-state index is 12.5. The van der Waals surface area contributed by atoms with Crippen LogP contribution in [0.5, 0.6) is 5.75 Å². The number of hydrogen-bond acceptors (Lipinski definition) is 6. The van der Waals surface area contributed by atoms with E-state index in [0.717, 1.165) is 53.2 Å². The van der Waals surface area contributed by atoms with Gasteiger partial charge in [0, 0.05) is 23.7 Å². The number of aryl methyl sites for hydroxylation is 2. The minimum atomic E-state index is -0.00630. The smallest absolute Gasteiger partial charge is 0.254 e. The van der Waals surface area contributed by atoms with Crippen LogP contribution in [0.15, 0.2) is 59.4 Å². The van der Waals surface area contributed by atoms with Gasteiger partial charge in [-0.1, -0.05) is 49.7 Å². The summed E-state index contributed by atoms with van der Waals surface area (Å²) >= 11 is 0. The average molecular weight is 431 g/mol. The molecule has 0 amide bonds. The fourth-order valence-electron chi connectivity index (χ4n) is 3.45. The molecular formula is C24H26N6O2. The molecule has 2 aromatic carbocycles. The molecule has 8 nitrogen and oxygen atoms in total. The Labute approximate surface area is 186 Å². The van der Waals surface area contributed by atoms with Crippen LogP contribution < -0.4 is 10.3 Å². The van der Waals surface area contributed by atoms with Crippen LogP contribution in [-0.2, 0) is 19.6 Å². The number of tetrazole rings is 1. The predicted molar refractivity (Wildman–Crippen MR) is 121 cm³/mol. The van der Waals surface area contributed by atoms with Crippen molar-refractivity contribution in [1.82, 2.24) is 30.2 Å². The van der Waals surface area contributed by atoms with E-state index in [1.54, 1.807) is 10.6 Å². The summed E-state index contributed by atoms with van der Waals surface area (Å²) in [6.07, 6.45) is 2.88. The molecule has 2 heterocycles. The molecule has 0 radical (unpaired) electrons. The molecule has 0 fully saturated rings. The third-order valence-electron chi connectivity index (χ3n) is 5.20. The molecule has 0 aliphatic carbocycles. The number of nitrogens with zero attached hydrogens (tertiary/aromatic N) is 5. The summed E-state index contributed by atoms with van der Waals surface area (Å²) < 4.78 is 7.68. The summed E-state index contributed by atoms with van der Waals surface area (Å²) in [4.78, 5) is 17.1. The molecule has 4 aromatic rings. The Balaban J connectivity index is 1.39. The van der Waals surface area contributed by atoms with Gasteiger partial charge in [-0.2, -0.15) is 5.21 Å². The maximum Gasteiger partial charge on any atom is 0.254 e. The first-order valence-electron chi connectivity index (χ1n) is 10.7. The first kappa shape index (κ1) is 21.4. The van der Waals surface area contributed by atoms with Gasteiger partial charge in [-0.25, -0.2) is 4.98 Å². The highest BCUT2D eigenvalue weighted by atomic mass is 16.5. The molecule has 0 unspecified atom stereocenters. The number of ether oxygens (including phenoxy) is 1. The minimum absolute atomic E-state index is 0.00630. The van der Waals surface area contributed by atoms with E-state index >= 15 is 0 Å². The summed E-state index contributed by atoms with van der Waals surface area (Å²) in [5, 5.41) is 14.0. The topological polar surface area (TPSA) is 98.6 Å². The van der Waals surface area contributed by atoms with Crippen molar-refractivity contribution in [3.8, 4) is 17.1 Å². The largest absolute Gasteiger partial charge is 0.489 e. The Morgan fingerprint density at radius 1 is 1.03 bits per heavy atom. The van der Waals surface area contributed by atoms with Gasteiger partial charge in [0.25, 0.3) is 5.56 Å². The summed E-state index contributed by atoms with van der Waals surface area (Å²) in [7, 11) is 0. The molecule has 2 aromatic heterocycles. The van der Waals surface area contributed by atoms with Crippen LogP contribution in [0.2, 0.25) is 0 Å². The molecule has 8 heteroatoms. The first-order valence-corrected chi connectivity index (χ1v) is 10.7. The lowest BCUT2D eigenvalue weighted by atomic mass is 10.1. The third kappa shape index (κ3) is 5.26. The third-order valence-corrected chi connectivity index (χ3v) is 5.20. The zero-order valence-electron chi connectivity index (χ0n) is 18.3. The van der Waals surface area contributed by atoms with Crippen LogP contribution >= 0.6 is 0 Å². The number of unbranched alkanes of at least 4 members (excludes halogenated alkanes) is 1. The molecule has 0 bridgehead atoms. The van der Waals surface area contributed by atoms with E-state index in [4.69, 9.17) is 4.74 Å². The lowest BCUT2D eigenvalue weighted by Crippen LogP contribution is -2.25. The van der Waals surface area contributed by atoms with Crippen LogP contribution in [0.3, 0.4) is 0 Å². The highest BCUT2D eigenvalue weighted by molar-refractivity contribution is 5.54. The van der Waals surface area contributed by atoms with Crippen molar-refractivity contribution >= 4 is 0 Å². The number of nitrogens with one attached hydrogen (secondary N) is 1. The number of aromatic nitrogens is 6. The van der Waals surface area contributed by atoms with E-state index in [9.17, 15) is 4.79 Å². The van der Waals surface area contributed by atoms with Gasteiger partial charge in [0.1, 0.15) is 18.2 Å². The van der Waals surface area contributed by atoms with E-state index in [2.05, 4.69) is 32.5 Å². The molecular weight excluding hydrogens is 404 g/mol. The summed E-state index contributed by atoms with van der Waals surface area (Å²) in [6.45, 7) is 4.96. The van der Waals surface area contributed by atoms with Crippen molar-refractivity contribution < 1.29 is 4.74 Å². The van der Waals surface area contributed by atoms with Crippen molar-refractivity contribution in [2.75, 3.05) is 0 Å². The molecule has 32 heavy (non-hydrogen) atoms. The lowest BCUT2D eigenvalue weighted by Gasteiger charge is -2.13. The van der Waals surface area contributed by atoms with Crippen LogP contribution in [0.4, 0.5) is 0 Å². The van der Waals surface area contributed by atoms with Crippen LogP contribution in [0.1, 0.15) is 42.4 Å². The van der Waals surface area contributed by atoms with Gasteiger partial charge in [0.15, 0.2) is 0 Å². The maximum atomic E-state index is 12.5. The second-order valence-electron chi connectivity index (χ2n) is 7.71. The zero-order chi connectivity index (χ0) is 22.3. The predicted octanol–water partition coefficient (Wildman–Crippen LogP) is 3.70. The van der Waals surface area contributed by atoms with E-state index in [0.29, 0.717) is 19.0 Å². The van der Waals surface area contributed by atoms with Crippen LogP contribution in [-0.4, -0.2) is 30.2 Å². The highest BCUT2D eigenvalue weighted by Crippen LogP contribution is 2.18. The molecule has 0 saturated heterocycles. The fourth-order valence-corrected chi connectivity index (χ4v) is 3.45. The monoisotopic (exact) mass is 430 g/mol. The van der Waals surface area contributed by atoms with Crippen molar-refractivity contribution in [2.24, 2.45) is 0 Å². The lowest BCUT2D eigenvalue weighted by molar-refractivity contribution is 0.306. The Morgan fingerprint density at radius 2 is 1.78 bits per heavy atom. The SMILES string of the molecule is CCCCc1nc(C)cc(=O)n1Cc1ccc(OCc2ccc(-c3nn[nH]n3)cc2)cc1. The second-order valence-corrected chi connectivity index (χ2v) is 7.71. The second kappa shape index (κ2) is 10.00. The average Bonchev–Trinajstić information content (AvgIpc) is 3.34. The molecule has 0 aliphatic heterocycles. The van der Waals surface area contributed by atoms with Crippen molar-refractivity contribution in [3.05, 3.63) is 87.6 Å². The first-order chi connectivity index (χ1) is 15.6. The molecule has 4 rings (SSSR count). The van der Waals surface area contributed by atoms with E-state index < -0.39 is 0 Å². The van der Waals surface area contributed by atoms with Crippen molar-refractivity contribution in [1.29, 1.82) is 0 Å². The number of benzene rings is 2. The van der Waals surface area contributed by atoms with E-state index in [1.807, 2.05) is 55.5 Å². The Hall–Kier alpha value is -3.81. The van der Waals surface area contributed by atoms with Crippen molar-refractivity contribution in [2.45, 2.75) is 46.3 Å². The highest BCUT2D eigenvalue weighted by Gasteiger charge is 2.08. The summed E-state index contributed by atoms with van der Waals surface area (Å²) in [5.74, 6) is 2.19. The van der Waals surface area contributed by atoms with Crippen LogP contribution in [0, 0.1) is 6.92 Å². The Kier molecular flexibility index (Phi) is 6.69. The minimum Gasteiger partial charge on any atom is -0.489 e. The van der Waals surface area contributed by atoms with Crippen molar-refractivity contribution in [3.63, 3.8) is 0 Å². The summed E-state index contributed by atoms with van der Waals surface area (Å²) in [6, 6.07) is 17.3. The van der Waals surface area contributed by atoms with Gasteiger partial charge in [-0.05, 0) is 41.8 Å². The zero-order valence-corrected chi connectivity index (χ0v) is 18.3. The van der Waals surface area contributed by atoms with E-state index in [-0.39, 0.29) is 5.56 Å².